The molecule has 0 bridgehead atoms. The summed E-state index contributed by atoms with van der Waals surface area (Å²) in [5.74, 6) is 0. The van der Waals surface area contributed by atoms with Crippen LogP contribution in [-0.4, -0.2) is 0 Å². The molecule has 3 aliphatic rings. The summed E-state index contributed by atoms with van der Waals surface area (Å²) in [5.41, 5.74) is 19.4. The van der Waals surface area contributed by atoms with Gasteiger partial charge in [-0.05, 0) is 135 Å². The third-order valence-electron chi connectivity index (χ3n) is 12.0. The molecule has 0 aliphatic heterocycles. The molecular weight excluding hydrogens is 689 g/mol. The molecule has 0 aromatic heterocycles. The van der Waals surface area contributed by atoms with Gasteiger partial charge in [0.25, 0.3) is 0 Å². The minimum absolute atomic E-state index is 0.369. The van der Waals surface area contributed by atoms with Crippen LogP contribution in [0, 0.1) is 0 Å². The zero-order valence-electron chi connectivity index (χ0n) is 31.6. The molecule has 270 valence electrons. The van der Waals surface area contributed by atoms with Gasteiger partial charge >= 0.3 is 0 Å². The molecule has 2 nitrogen and oxygen atoms in total. The lowest BCUT2D eigenvalue weighted by Gasteiger charge is -2.31. The van der Waals surface area contributed by atoms with E-state index in [0.29, 0.717) is 0 Å². The minimum Gasteiger partial charge on any atom is -0.311 e. The number of allylic oxidation sites excluding steroid dienone is 3. The first kappa shape index (κ1) is 33.2. The third kappa shape index (κ3) is 5.25. The van der Waals surface area contributed by atoms with E-state index in [1.54, 1.807) is 0 Å². The van der Waals surface area contributed by atoms with E-state index in [1.807, 2.05) is 0 Å². The molecule has 1 spiro atoms. The second-order valence-corrected chi connectivity index (χ2v) is 15.2. The Morgan fingerprint density at radius 2 is 0.789 bits per heavy atom. The van der Waals surface area contributed by atoms with Gasteiger partial charge in [0.15, 0.2) is 0 Å². The molecule has 0 N–H and O–H groups in total. The third-order valence-corrected chi connectivity index (χ3v) is 12.0. The Hall–Kier alpha value is -7.16. The summed E-state index contributed by atoms with van der Waals surface area (Å²) in [6.07, 6.45) is 9.01. The van der Waals surface area contributed by atoms with Gasteiger partial charge in [-0.15, -0.1) is 0 Å². The molecule has 8 aromatic rings. The maximum atomic E-state index is 2.46. The van der Waals surface area contributed by atoms with Gasteiger partial charge in [0.2, 0.25) is 0 Å². The number of benzene rings is 8. The van der Waals surface area contributed by atoms with E-state index in [9.17, 15) is 0 Å². The number of hydrogen-bond acceptors (Lipinski definition) is 2. The fraction of sp³-hybridized carbons (Fsp3) is 0.0545. The van der Waals surface area contributed by atoms with E-state index in [0.717, 1.165) is 46.8 Å². The zero-order valence-corrected chi connectivity index (χ0v) is 31.6. The van der Waals surface area contributed by atoms with Crippen molar-refractivity contribution in [3.8, 4) is 33.4 Å². The van der Waals surface area contributed by atoms with E-state index >= 15 is 0 Å². The highest BCUT2D eigenvalue weighted by Gasteiger charge is 2.51. The van der Waals surface area contributed by atoms with Crippen molar-refractivity contribution in [1.82, 2.24) is 0 Å². The Morgan fingerprint density at radius 3 is 1.32 bits per heavy atom. The predicted octanol–water partition coefficient (Wildman–Crippen LogP) is 14.5. The summed E-state index contributed by atoms with van der Waals surface area (Å²) in [5, 5.41) is 0. The van der Waals surface area contributed by atoms with Crippen molar-refractivity contribution in [3.63, 3.8) is 0 Å². The molecule has 0 fully saturated rings. The highest BCUT2D eigenvalue weighted by molar-refractivity contribution is 5.96. The zero-order chi connectivity index (χ0) is 37.8. The van der Waals surface area contributed by atoms with Crippen LogP contribution in [0.2, 0.25) is 0 Å². The monoisotopic (exact) mass is 728 g/mol. The Morgan fingerprint density at radius 1 is 0.333 bits per heavy atom. The van der Waals surface area contributed by atoms with Gasteiger partial charge in [0, 0.05) is 34.1 Å². The molecule has 3 aliphatic carbocycles. The number of fused-ring (bicyclic) bond motifs is 10. The summed E-state index contributed by atoms with van der Waals surface area (Å²) in [4.78, 5) is 4.80. The second-order valence-electron chi connectivity index (χ2n) is 15.2. The molecule has 57 heavy (non-hydrogen) atoms. The minimum atomic E-state index is -0.369. The molecule has 0 amide bonds. The standard InChI is InChI=1S/C55H40N2/c1-5-19-41(20-6-1)56(42-21-7-2-8-22-42)45-35-40(36-46(38-45)57(43-23-9-3-10-24-43)44-25-11-4-12-26-44)39-33-34-54-50(37-39)49-29-15-18-32-53(49)55(54)51-30-16-13-27-47(51)48-28-14-17-31-52(48)55/h1-3,5-11,13-38H,4,12H2. The SMILES string of the molecule is C1=CC(N(c2ccccc2)c2cc(-c3ccc4c(c3)-c3ccccc3C43c4ccccc4-c4ccccc43)cc(N(c3ccccc3)c3ccccc3)c2)=CCC1. The summed E-state index contributed by atoms with van der Waals surface area (Å²) >= 11 is 0. The van der Waals surface area contributed by atoms with Crippen molar-refractivity contribution in [2.24, 2.45) is 0 Å². The molecular formula is C55H40N2. The van der Waals surface area contributed by atoms with Crippen molar-refractivity contribution in [2.75, 3.05) is 9.80 Å². The van der Waals surface area contributed by atoms with Crippen molar-refractivity contribution in [1.29, 1.82) is 0 Å². The lowest BCUT2D eigenvalue weighted by Crippen LogP contribution is -2.25. The highest BCUT2D eigenvalue weighted by atomic mass is 15.2. The molecule has 0 atom stereocenters. The fourth-order valence-corrected chi connectivity index (χ4v) is 9.69. The number of nitrogens with zero attached hydrogens (tertiary/aromatic N) is 2. The summed E-state index contributed by atoms with van der Waals surface area (Å²) in [6, 6.07) is 73.7. The fourth-order valence-electron chi connectivity index (χ4n) is 9.69. The van der Waals surface area contributed by atoms with Crippen molar-refractivity contribution in [3.05, 3.63) is 246 Å². The highest BCUT2D eigenvalue weighted by Crippen LogP contribution is 2.63. The number of anilines is 5. The lowest BCUT2D eigenvalue weighted by atomic mass is 9.70. The van der Waals surface area contributed by atoms with Gasteiger partial charge in [-0.1, -0.05) is 152 Å². The van der Waals surface area contributed by atoms with Crippen molar-refractivity contribution >= 4 is 28.4 Å². The molecule has 0 saturated heterocycles. The number of rotatable bonds is 7. The Kier molecular flexibility index (Phi) is 7.89. The van der Waals surface area contributed by atoms with Crippen LogP contribution in [-0.2, 0) is 5.41 Å². The van der Waals surface area contributed by atoms with E-state index < -0.39 is 0 Å². The van der Waals surface area contributed by atoms with E-state index in [-0.39, 0.29) is 5.41 Å². The van der Waals surface area contributed by atoms with Crippen LogP contribution in [0.15, 0.2) is 224 Å². The second kappa shape index (κ2) is 13.5. The first-order chi connectivity index (χ1) is 28.3. The van der Waals surface area contributed by atoms with Crippen LogP contribution in [0.25, 0.3) is 33.4 Å². The lowest BCUT2D eigenvalue weighted by molar-refractivity contribution is 0.794. The predicted molar refractivity (Wildman–Crippen MR) is 238 cm³/mol. The molecule has 0 radical (unpaired) electrons. The van der Waals surface area contributed by atoms with Crippen LogP contribution in [0.3, 0.4) is 0 Å². The van der Waals surface area contributed by atoms with E-state index in [2.05, 4.69) is 228 Å². The maximum Gasteiger partial charge on any atom is 0.0725 e. The van der Waals surface area contributed by atoms with Crippen LogP contribution in [0.4, 0.5) is 28.4 Å². The Balaban J connectivity index is 1.16. The topological polar surface area (TPSA) is 6.48 Å². The van der Waals surface area contributed by atoms with Crippen LogP contribution < -0.4 is 9.80 Å². The van der Waals surface area contributed by atoms with Crippen molar-refractivity contribution in [2.45, 2.75) is 18.3 Å². The van der Waals surface area contributed by atoms with E-state index in [1.165, 1.54) is 55.8 Å². The van der Waals surface area contributed by atoms with Crippen molar-refractivity contribution < 1.29 is 0 Å². The van der Waals surface area contributed by atoms with Gasteiger partial charge in [-0.3, -0.25) is 0 Å². The molecule has 0 heterocycles. The largest absolute Gasteiger partial charge is 0.311 e. The van der Waals surface area contributed by atoms with Gasteiger partial charge in [0.05, 0.1) is 5.41 Å². The van der Waals surface area contributed by atoms with Crippen LogP contribution >= 0.6 is 0 Å². The Bertz CT molecular complexity index is 2770. The summed E-state index contributed by atoms with van der Waals surface area (Å²) in [7, 11) is 0. The number of para-hydroxylation sites is 3. The van der Waals surface area contributed by atoms with Gasteiger partial charge in [-0.25, -0.2) is 0 Å². The molecule has 0 unspecified atom stereocenters. The van der Waals surface area contributed by atoms with Crippen LogP contribution in [0.5, 0.6) is 0 Å². The van der Waals surface area contributed by atoms with Gasteiger partial charge < -0.3 is 9.80 Å². The van der Waals surface area contributed by atoms with Gasteiger partial charge in [-0.2, -0.15) is 0 Å². The first-order valence-electron chi connectivity index (χ1n) is 20.0. The summed E-state index contributed by atoms with van der Waals surface area (Å²) < 4.78 is 0. The Labute approximate surface area is 335 Å². The smallest absolute Gasteiger partial charge is 0.0725 e. The normalized spacial score (nSPS) is 14.0. The average Bonchev–Trinajstić information content (AvgIpc) is 3.75. The van der Waals surface area contributed by atoms with Gasteiger partial charge in [0.1, 0.15) is 0 Å². The molecule has 11 rings (SSSR count). The summed E-state index contributed by atoms with van der Waals surface area (Å²) in [6.45, 7) is 0. The first-order valence-corrected chi connectivity index (χ1v) is 20.0. The number of hydrogen-bond donors (Lipinski definition) is 0. The molecule has 2 heteroatoms. The quantitative estimate of drug-likeness (QED) is 0.161. The molecule has 0 saturated carbocycles. The molecule has 8 aromatic carbocycles. The van der Waals surface area contributed by atoms with Crippen LogP contribution in [0.1, 0.15) is 35.1 Å². The average molecular weight is 729 g/mol. The maximum absolute atomic E-state index is 2.46. The van der Waals surface area contributed by atoms with E-state index in [4.69, 9.17) is 0 Å².